The van der Waals surface area contributed by atoms with Crippen LogP contribution >= 0.6 is 11.3 Å². The summed E-state index contributed by atoms with van der Waals surface area (Å²) in [5, 5.41) is 3.58. The summed E-state index contributed by atoms with van der Waals surface area (Å²) >= 11 is 1.83. The van der Waals surface area contributed by atoms with Crippen molar-refractivity contribution in [2.45, 2.75) is 37.0 Å². The van der Waals surface area contributed by atoms with Crippen LogP contribution in [0.4, 0.5) is 0 Å². The van der Waals surface area contributed by atoms with Crippen LogP contribution in [-0.4, -0.2) is 36.6 Å². The van der Waals surface area contributed by atoms with Crippen molar-refractivity contribution in [3.63, 3.8) is 0 Å². The van der Waals surface area contributed by atoms with Gasteiger partial charge >= 0.3 is 0 Å². The molecule has 1 aromatic heterocycles. The van der Waals surface area contributed by atoms with Crippen LogP contribution in [-0.2, 0) is 5.41 Å². The lowest BCUT2D eigenvalue weighted by molar-refractivity contribution is 0.253. The molecule has 0 unspecified atom stereocenters. The number of hydrogen-bond donors (Lipinski definition) is 1. The highest BCUT2D eigenvalue weighted by Gasteiger charge is 2.45. The second kappa shape index (κ2) is 4.34. The molecule has 0 radical (unpaired) electrons. The van der Waals surface area contributed by atoms with Crippen LogP contribution in [0.25, 0.3) is 0 Å². The first-order valence-electron chi connectivity index (χ1n) is 6.58. The molecule has 94 valence electrons. The van der Waals surface area contributed by atoms with Crippen LogP contribution in [0.3, 0.4) is 0 Å². The van der Waals surface area contributed by atoms with Crippen molar-refractivity contribution >= 4 is 11.3 Å². The summed E-state index contributed by atoms with van der Waals surface area (Å²) in [6, 6.07) is 0. The molecular formula is C13H21N3S. The molecule has 1 aliphatic carbocycles. The standard InChI is InChI=1S/C13H21N3S/c1-16-6-2-10(3-7-16)11-8-17-12(15-11)13(9-14)4-5-13/h8,10H,2-7,9,14H2,1H3. The molecule has 1 saturated carbocycles. The maximum Gasteiger partial charge on any atom is 0.100 e. The van der Waals surface area contributed by atoms with E-state index < -0.39 is 0 Å². The van der Waals surface area contributed by atoms with Gasteiger partial charge in [0.05, 0.1) is 5.69 Å². The fourth-order valence-corrected chi connectivity index (χ4v) is 3.85. The monoisotopic (exact) mass is 251 g/mol. The van der Waals surface area contributed by atoms with Gasteiger partial charge in [-0.2, -0.15) is 0 Å². The summed E-state index contributed by atoms with van der Waals surface area (Å²) in [5.74, 6) is 0.685. The Morgan fingerprint density at radius 2 is 2.18 bits per heavy atom. The Balaban J connectivity index is 1.72. The van der Waals surface area contributed by atoms with E-state index in [9.17, 15) is 0 Å². The van der Waals surface area contributed by atoms with Crippen LogP contribution in [0.5, 0.6) is 0 Å². The number of likely N-dealkylation sites (tertiary alicyclic amines) is 1. The average molecular weight is 251 g/mol. The Kier molecular flexibility index (Phi) is 2.97. The summed E-state index contributed by atoms with van der Waals surface area (Å²) in [6.45, 7) is 3.19. The second-order valence-corrected chi connectivity index (χ2v) is 6.50. The minimum Gasteiger partial charge on any atom is -0.329 e. The largest absolute Gasteiger partial charge is 0.329 e. The second-order valence-electron chi connectivity index (χ2n) is 5.64. The van der Waals surface area contributed by atoms with Crippen LogP contribution in [0.2, 0.25) is 0 Å². The quantitative estimate of drug-likeness (QED) is 0.892. The molecule has 0 amide bonds. The molecule has 4 heteroatoms. The Hall–Kier alpha value is -0.450. The van der Waals surface area contributed by atoms with Gasteiger partial charge in [-0.05, 0) is 45.8 Å². The predicted octanol–water partition coefficient (Wildman–Crippen LogP) is 1.94. The summed E-state index contributed by atoms with van der Waals surface area (Å²) in [4.78, 5) is 7.29. The summed E-state index contributed by atoms with van der Waals surface area (Å²) < 4.78 is 0. The fraction of sp³-hybridized carbons (Fsp3) is 0.769. The van der Waals surface area contributed by atoms with Crippen molar-refractivity contribution in [1.82, 2.24) is 9.88 Å². The van der Waals surface area contributed by atoms with E-state index in [1.807, 2.05) is 11.3 Å². The number of rotatable bonds is 3. The molecular weight excluding hydrogens is 230 g/mol. The molecule has 2 heterocycles. The molecule has 1 aliphatic heterocycles. The van der Waals surface area contributed by atoms with E-state index in [-0.39, 0.29) is 5.41 Å². The van der Waals surface area contributed by atoms with Crippen molar-refractivity contribution < 1.29 is 0 Å². The molecule has 0 bridgehead atoms. The van der Waals surface area contributed by atoms with Crippen LogP contribution in [0.15, 0.2) is 5.38 Å². The van der Waals surface area contributed by atoms with Gasteiger partial charge in [0.15, 0.2) is 0 Å². The normalized spacial score (nSPS) is 25.1. The third-order valence-corrected chi connectivity index (χ3v) is 5.46. The molecule has 1 saturated heterocycles. The molecule has 0 atom stereocenters. The van der Waals surface area contributed by atoms with Gasteiger partial charge in [-0.25, -0.2) is 4.98 Å². The molecule has 3 nitrogen and oxygen atoms in total. The number of nitrogens with zero attached hydrogens (tertiary/aromatic N) is 2. The Morgan fingerprint density at radius 3 is 2.76 bits per heavy atom. The van der Waals surface area contributed by atoms with E-state index >= 15 is 0 Å². The van der Waals surface area contributed by atoms with E-state index in [2.05, 4.69) is 17.3 Å². The first-order chi connectivity index (χ1) is 8.23. The minimum absolute atomic E-state index is 0.272. The van der Waals surface area contributed by atoms with E-state index in [0.29, 0.717) is 5.92 Å². The maximum atomic E-state index is 5.87. The Labute approximate surface area is 107 Å². The third-order valence-electron chi connectivity index (χ3n) is 4.36. The molecule has 1 aromatic rings. The van der Waals surface area contributed by atoms with Crippen molar-refractivity contribution in [3.8, 4) is 0 Å². The smallest absolute Gasteiger partial charge is 0.100 e. The van der Waals surface area contributed by atoms with Gasteiger partial charge in [0, 0.05) is 23.3 Å². The SMILES string of the molecule is CN1CCC(c2csc(C3(CN)CC3)n2)CC1. The van der Waals surface area contributed by atoms with Gasteiger partial charge in [-0.3, -0.25) is 0 Å². The molecule has 2 N–H and O–H groups in total. The van der Waals surface area contributed by atoms with E-state index in [4.69, 9.17) is 10.7 Å². The highest BCUT2D eigenvalue weighted by molar-refractivity contribution is 7.09. The first-order valence-corrected chi connectivity index (χ1v) is 7.46. The van der Waals surface area contributed by atoms with Gasteiger partial charge in [0.25, 0.3) is 0 Å². The third kappa shape index (κ3) is 2.14. The van der Waals surface area contributed by atoms with Crippen LogP contribution in [0.1, 0.15) is 42.3 Å². The van der Waals surface area contributed by atoms with E-state index in [1.54, 1.807) is 0 Å². The van der Waals surface area contributed by atoms with E-state index in [0.717, 1.165) is 6.54 Å². The van der Waals surface area contributed by atoms with E-state index in [1.165, 1.54) is 49.5 Å². The molecule has 0 aromatic carbocycles. The van der Waals surface area contributed by atoms with Gasteiger partial charge in [-0.1, -0.05) is 0 Å². The fourth-order valence-electron chi connectivity index (χ4n) is 2.68. The highest BCUT2D eigenvalue weighted by Crippen LogP contribution is 2.48. The number of thiazole rings is 1. The Morgan fingerprint density at radius 1 is 1.47 bits per heavy atom. The number of piperidine rings is 1. The zero-order valence-electron chi connectivity index (χ0n) is 10.5. The summed E-state index contributed by atoms with van der Waals surface area (Å²) in [7, 11) is 2.20. The molecule has 2 fully saturated rings. The number of hydrogen-bond acceptors (Lipinski definition) is 4. The number of nitrogens with two attached hydrogens (primary N) is 1. The predicted molar refractivity (Wildman–Crippen MR) is 71.6 cm³/mol. The van der Waals surface area contributed by atoms with Gasteiger partial charge in [0.2, 0.25) is 0 Å². The molecule has 17 heavy (non-hydrogen) atoms. The van der Waals surface area contributed by atoms with Crippen LogP contribution < -0.4 is 5.73 Å². The maximum absolute atomic E-state index is 5.87. The molecule has 3 rings (SSSR count). The zero-order chi connectivity index (χ0) is 11.9. The zero-order valence-corrected chi connectivity index (χ0v) is 11.3. The topological polar surface area (TPSA) is 42.1 Å². The van der Waals surface area contributed by atoms with Gasteiger partial charge < -0.3 is 10.6 Å². The highest BCUT2D eigenvalue weighted by atomic mass is 32.1. The van der Waals surface area contributed by atoms with Crippen molar-refractivity contribution in [2.24, 2.45) is 5.73 Å². The van der Waals surface area contributed by atoms with Crippen molar-refractivity contribution in [3.05, 3.63) is 16.1 Å². The van der Waals surface area contributed by atoms with Gasteiger partial charge in [-0.15, -0.1) is 11.3 Å². The minimum atomic E-state index is 0.272. The molecule has 2 aliphatic rings. The first kappa shape index (κ1) is 11.6. The lowest BCUT2D eigenvalue weighted by Gasteiger charge is -2.27. The molecule has 0 spiro atoms. The number of aromatic nitrogens is 1. The lowest BCUT2D eigenvalue weighted by atomic mass is 9.94. The average Bonchev–Trinajstić information content (AvgIpc) is 3.00. The summed E-state index contributed by atoms with van der Waals surface area (Å²) in [6.07, 6.45) is 5.00. The lowest BCUT2D eigenvalue weighted by Crippen LogP contribution is -2.29. The van der Waals surface area contributed by atoms with Crippen molar-refractivity contribution in [1.29, 1.82) is 0 Å². The van der Waals surface area contributed by atoms with Crippen LogP contribution in [0, 0.1) is 0 Å². The van der Waals surface area contributed by atoms with Crippen molar-refractivity contribution in [2.75, 3.05) is 26.7 Å². The Bertz CT molecular complexity index is 389. The summed E-state index contributed by atoms with van der Waals surface area (Å²) in [5.41, 5.74) is 7.47. The van der Waals surface area contributed by atoms with Gasteiger partial charge in [0.1, 0.15) is 5.01 Å².